The number of hydrogen-bond donors (Lipinski definition) is 1. The van der Waals surface area contributed by atoms with Gasteiger partial charge >= 0.3 is 0 Å². The summed E-state index contributed by atoms with van der Waals surface area (Å²) in [5, 5.41) is 3.88. The summed E-state index contributed by atoms with van der Waals surface area (Å²) in [6, 6.07) is 9.61. The van der Waals surface area contributed by atoms with Gasteiger partial charge in [-0.25, -0.2) is 35.8 Å². The molecule has 1 fully saturated rings. The molecule has 1 saturated heterocycles. The van der Waals surface area contributed by atoms with Gasteiger partial charge in [-0.15, -0.1) is 0 Å². The average Bonchev–Trinajstić information content (AvgIpc) is 3.41. The van der Waals surface area contributed by atoms with Crippen molar-refractivity contribution in [3.05, 3.63) is 54.5 Å². The first-order chi connectivity index (χ1) is 20.7. The van der Waals surface area contributed by atoms with Crippen molar-refractivity contribution < 1.29 is 26.3 Å². The number of nitrogens with one attached hydrogen (secondary N) is 1. The maximum absolute atomic E-state index is 13.7. The molecule has 0 saturated carbocycles. The Morgan fingerprint density at radius 1 is 1.02 bits per heavy atom. The second-order valence-corrected chi connectivity index (χ2v) is 16.5. The number of ether oxygens (including phenoxy) is 2. The fourth-order valence-corrected chi connectivity index (χ4v) is 7.46. The normalized spacial score (nSPS) is 19.0. The smallest absolute Gasteiger partial charge is 0.269 e. The largest absolute Gasteiger partial charge is 0.486 e. The summed E-state index contributed by atoms with van der Waals surface area (Å²) in [6.07, 6.45) is 4.20. The topological polar surface area (TPSA) is 146 Å². The second-order valence-electron chi connectivity index (χ2n) is 12.1. The minimum Gasteiger partial charge on any atom is -0.486 e. The summed E-state index contributed by atoms with van der Waals surface area (Å²) >= 11 is 0. The molecule has 2 aliphatic rings. The van der Waals surface area contributed by atoms with E-state index in [2.05, 4.69) is 15.2 Å². The predicted molar refractivity (Wildman–Crippen MR) is 168 cm³/mol. The van der Waals surface area contributed by atoms with Crippen LogP contribution in [0.5, 0.6) is 5.75 Å². The van der Waals surface area contributed by atoms with Gasteiger partial charge in [0.1, 0.15) is 17.0 Å². The van der Waals surface area contributed by atoms with Crippen molar-refractivity contribution in [2.24, 2.45) is 0 Å². The Morgan fingerprint density at radius 3 is 2.43 bits per heavy atom. The molecule has 6 rings (SSSR count). The van der Waals surface area contributed by atoms with Crippen molar-refractivity contribution in [3.8, 4) is 17.1 Å². The Hall–Kier alpha value is -3.75. The van der Waals surface area contributed by atoms with E-state index in [9.17, 15) is 16.8 Å². The molecule has 0 aliphatic carbocycles. The molecule has 14 heteroatoms. The summed E-state index contributed by atoms with van der Waals surface area (Å²) in [4.78, 5) is 16.7. The summed E-state index contributed by atoms with van der Waals surface area (Å²) < 4.78 is 65.4. The van der Waals surface area contributed by atoms with Gasteiger partial charge in [0.15, 0.2) is 32.9 Å². The van der Waals surface area contributed by atoms with Crippen molar-refractivity contribution >= 4 is 42.4 Å². The van der Waals surface area contributed by atoms with E-state index in [-0.39, 0.29) is 40.2 Å². The zero-order valence-electron chi connectivity index (χ0n) is 25.5. The minimum atomic E-state index is -3.97. The first kappa shape index (κ1) is 30.3. The van der Waals surface area contributed by atoms with Crippen LogP contribution in [0.25, 0.3) is 22.4 Å². The molecule has 1 N–H and O–H groups in total. The lowest BCUT2D eigenvalue weighted by Crippen LogP contribution is -2.56. The highest BCUT2D eigenvalue weighted by atomic mass is 32.2. The maximum atomic E-state index is 13.7. The first-order valence-corrected chi connectivity index (χ1v) is 17.7. The van der Waals surface area contributed by atoms with Gasteiger partial charge in [-0.2, -0.15) is 0 Å². The summed E-state index contributed by atoms with van der Waals surface area (Å²) in [5.41, 5.74) is 1.50. The van der Waals surface area contributed by atoms with Gasteiger partial charge in [0.2, 0.25) is 0 Å². The van der Waals surface area contributed by atoms with E-state index in [0.29, 0.717) is 48.0 Å². The van der Waals surface area contributed by atoms with Crippen LogP contribution >= 0.6 is 0 Å². The van der Waals surface area contributed by atoms with E-state index in [1.165, 1.54) is 24.6 Å². The number of nitrogens with zero attached hydrogens (tertiary/aromatic N) is 5. The van der Waals surface area contributed by atoms with Crippen LogP contribution < -0.4 is 15.0 Å². The van der Waals surface area contributed by atoms with Crippen molar-refractivity contribution in [1.82, 2.24) is 18.9 Å². The number of hydrogen-bond acceptors (Lipinski definition) is 11. The first-order valence-electron chi connectivity index (χ1n) is 14.4. The zero-order valence-corrected chi connectivity index (χ0v) is 27.1. The van der Waals surface area contributed by atoms with Crippen molar-refractivity contribution in [2.75, 3.05) is 36.3 Å². The standard InChI is InChI=1S/C30H36N6O6S2/c1-18(2)32-23-14-31-28-22(12-13-35(28)44(39,40)21-10-8-7-9-11-21)24(23)27-33-26(30(4,5)43(6,37)38)25-29(34-27)36-19(3)15-41-16-20(36)17-42-25/h7-14,18-20,32H,15-17H2,1-6H3/t19-,20+/m1/s1. The number of pyridine rings is 1. The predicted octanol–water partition coefficient (Wildman–Crippen LogP) is 3.82. The third-order valence-corrected chi connectivity index (χ3v) is 11.9. The van der Waals surface area contributed by atoms with Crippen LogP contribution in [-0.2, 0) is 29.3 Å². The third kappa shape index (κ3) is 4.88. The summed E-state index contributed by atoms with van der Waals surface area (Å²) in [5.74, 6) is 1.02. The molecular formula is C30H36N6O6S2. The SMILES string of the molecule is CC(C)Nc1cnc2c(ccn2S(=O)(=O)c2ccccc2)c1-c1nc2c(c(C(C)(C)S(C)(=O)=O)n1)OC[C@@H]1COC[C@@H](C)N21. The van der Waals surface area contributed by atoms with Crippen LogP contribution in [0.1, 0.15) is 40.3 Å². The molecule has 0 unspecified atom stereocenters. The minimum absolute atomic E-state index is 0.0142. The molecule has 2 aliphatic heterocycles. The highest BCUT2D eigenvalue weighted by molar-refractivity contribution is 7.91. The van der Waals surface area contributed by atoms with Gasteiger partial charge in [0.25, 0.3) is 10.0 Å². The van der Waals surface area contributed by atoms with Gasteiger partial charge in [0.05, 0.1) is 47.6 Å². The Labute approximate surface area is 257 Å². The average molecular weight is 641 g/mol. The molecule has 12 nitrogen and oxygen atoms in total. The van der Waals surface area contributed by atoms with E-state index in [4.69, 9.17) is 19.4 Å². The summed E-state index contributed by atoms with van der Waals surface area (Å²) in [6.45, 7) is 10.4. The fraction of sp³-hybridized carbons (Fsp3) is 0.433. The highest BCUT2D eigenvalue weighted by Gasteiger charge is 2.44. The molecule has 0 bridgehead atoms. The number of anilines is 2. The Morgan fingerprint density at radius 2 is 1.75 bits per heavy atom. The van der Waals surface area contributed by atoms with E-state index in [1.54, 1.807) is 44.3 Å². The lowest BCUT2D eigenvalue weighted by molar-refractivity contribution is 0.0482. The molecule has 3 aromatic heterocycles. The van der Waals surface area contributed by atoms with Crippen molar-refractivity contribution in [2.45, 2.75) is 62.4 Å². The lowest BCUT2D eigenvalue weighted by atomic mass is 10.0. The van der Waals surface area contributed by atoms with E-state index >= 15 is 0 Å². The van der Waals surface area contributed by atoms with Crippen molar-refractivity contribution in [1.29, 1.82) is 0 Å². The van der Waals surface area contributed by atoms with Crippen LogP contribution in [0.15, 0.2) is 53.7 Å². The zero-order chi connectivity index (χ0) is 31.6. The number of fused-ring (bicyclic) bond motifs is 4. The molecule has 0 amide bonds. The van der Waals surface area contributed by atoms with Gasteiger partial charge in [-0.05, 0) is 52.8 Å². The maximum Gasteiger partial charge on any atom is 0.269 e. The molecular weight excluding hydrogens is 605 g/mol. The molecule has 5 heterocycles. The number of morpholine rings is 1. The van der Waals surface area contributed by atoms with Gasteiger partial charge in [0, 0.05) is 23.9 Å². The van der Waals surface area contributed by atoms with E-state index < -0.39 is 24.6 Å². The van der Waals surface area contributed by atoms with Crippen LogP contribution in [0.3, 0.4) is 0 Å². The van der Waals surface area contributed by atoms with Crippen LogP contribution in [0.4, 0.5) is 11.5 Å². The van der Waals surface area contributed by atoms with Crippen molar-refractivity contribution in [3.63, 3.8) is 0 Å². The summed E-state index contributed by atoms with van der Waals surface area (Å²) in [7, 11) is -7.65. The molecule has 0 spiro atoms. The molecule has 1 aromatic carbocycles. The van der Waals surface area contributed by atoms with Crippen LogP contribution in [0, 0.1) is 0 Å². The number of benzene rings is 1. The Kier molecular flexibility index (Phi) is 7.37. The Bertz CT molecular complexity index is 1960. The number of rotatable bonds is 7. The molecule has 44 heavy (non-hydrogen) atoms. The molecule has 4 aromatic rings. The number of sulfone groups is 1. The Balaban J connectivity index is 1.66. The van der Waals surface area contributed by atoms with Gasteiger partial charge < -0.3 is 19.7 Å². The van der Waals surface area contributed by atoms with Gasteiger partial charge in [-0.1, -0.05) is 18.2 Å². The van der Waals surface area contributed by atoms with E-state index in [0.717, 1.165) is 3.97 Å². The van der Waals surface area contributed by atoms with Crippen LogP contribution in [-0.4, -0.2) is 80.0 Å². The monoisotopic (exact) mass is 640 g/mol. The van der Waals surface area contributed by atoms with Crippen LogP contribution in [0.2, 0.25) is 0 Å². The molecule has 234 valence electrons. The highest BCUT2D eigenvalue weighted by Crippen LogP contribution is 2.46. The quantitative estimate of drug-likeness (QED) is 0.315. The van der Waals surface area contributed by atoms with Gasteiger partial charge in [-0.3, -0.25) is 0 Å². The molecule has 2 atom stereocenters. The third-order valence-electron chi connectivity index (χ3n) is 8.20. The number of aromatic nitrogens is 4. The second kappa shape index (κ2) is 10.7. The molecule has 0 radical (unpaired) electrons. The lowest BCUT2D eigenvalue weighted by Gasteiger charge is -2.45. The fourth-order valence-electron chi connectivity index (χ4n) is 5.65. The van der Waals surface area contributed by atoms with E-state index in [1.807, 2.05) is 20.8 Å².